The minimum atomic E-state index is -0.778. The quantitative estimate of drug-likeness (QED) is 0.795. The lowest BCUT2D eigenvalue weighted by molar-refractivity contribution is -0.0723. The van der Waals surface area contributed by atoms with Gasteiger partial charge in [0.05, 0.1) is 12.1 Å². The number of nitrogens with one attached hydrogen (secondary N) is 1. The summed E-state index contributed by atoms with van der Waals surface area (Å²) in [6.07, 6.45) is 5.78. The van der Waals surface area contributed by atoms with Crippen molar-refractivity contribution in [2.45, 2.75) is 50.2 Å². The van der Waals surface area contributed by atoms with Crippen LogP contribution in [0.5, 0.6) is 0 Å². The Kier molecular flexibility index (Phi) is 4.45. The Bertz CT molecular complexity index is 284. The van der Waals surface area contributed by atoms with Gasteiger partial charge in [-0.15, -0.1) is 0 Å². The molecule has 1 saturated carbocycles. The lowest BCUT2D eigenvalue weighted by Crippen LogP contribution is -2.51. The molecule has 1 heterocycles. The molecule has 1 saturated heterocycles. The van der Waals surface area contributed by atoms with Gasteiger partial charge >= 0.3 is 6.03 Å². The molecule has 2 rings (SSSR count). The van der Waals surface area contributed by atoms with Crippen LogP contribution >= 0.6 is 0 Å². The van der Waals surface area contributed by atoms with Gasteiger partial charge in [0.15, 0.2) is 0 Å². The van der Waals surface area contributed by atoms with Gasteiger partial charge in [0.2, 0.25) is 0 Å². The smallest absolute Gasteiger partial charge is 0.317 e. The minimum Gasteiger partial charge on any atom is -0.388 e. The number of aliphatic hydroxyl groups is 1. The summed E-state index contributed by atoms with van der Waals surface area (Å²) in [7, 11) is 1.75. The van der Waals surface area contributed by atoms with Crippen LogP contribution in [0.25, 0.3) is 0 Å². The van der Waals surface area contributed by atoms with Gasteiger partial charge in [0.25, 0.3) is 0 Å². The number of likely N-dealkylation sites (N-methyl/N-ethyl adjacent to an activating group) is 1. The highest BCUT2D eigenvalue weighted by molar-refractivity contribution is 5.74. The van der Waals surface area contributed by atoms with E-state index in [1.165, 1.54) is 12.8 Å². The SMILES string of the molecule is CN(CC1(O)CCOCC1)C(=O)NC1CCCC1. The molecule has 0 radical (unpaired) electrons. The van der Waals surface area contributed by atoms with E-state index in [9.17, 15) is 9.90 Å². The molecule has 104 valence electrons. The van der Waals surface area contributed by atoms with E-state index in [-0.39, 0.29) is 6.03 Å². The lowest BCUT2D eigenvalue weighted by atomic mass is 9.94. The second-order valence-electron chi connectivity index (χ2n) is 5.62. The van der Waals surface area contributed by atoms with Crippen LogP contribution < -0.4 is 5.32 Å². The molecular weight excluding hydrogens is 232 g/mol. The summed E-state index contributed by atoms with van der Waals surface area (Å²) in [4.78, 5) is 13.6. The van der Waals surface area contributed by atoms with E-state index >= 15 is 0 Å². The summed E-state index contributed by atoms with van der Waals surface area (Å²) in [6.45, 7) is 1.54. The van der Waals surface area contributed by atoms with E-state index < -0.39 is 5.60 Å². The summed E-state index contributed by atoms with van der Waals surface area (Å²) in [5, 5.41) is 13.4. The monoisotopic (exact) mass is 256 g/mol. The van der Waals surface area contributed by atoms with Crippen molar-refractivity contribution < 1.29 is 14.6 Å². The van der Waals surface area contributed by atoms with Crippen molar-refractivity contribution in [3.8, 4) is 0 Å². The molecule has 0 unspecified atom stereocenters. The van der Waals surface area contributed by atoms with E-state index in [2.05, 4.69) is 5.32 Å². The molecule has 0 aromatic rings. The molecule has 0 atom stereocenters. The zero-order valence-corrected chi connectivity index (χ0v) is 11.2. The molecule has 1 aliphatic carbocycles. The first-order valence-corrected chi connectivity index (χ1v) is 6.91. The number of amides is 2. The third-order valence-corrected chi connectivity index (χ3v) is 3.98. The minimum absolute atomic E-state index is 0.0678. The Hall–Kier alpha value is -0.810. The van der Waals surface area contributed by atoms with Crippen LogP contribution in [0.1, 0.15) is 38.5 Å². The van der Waals surface area contributed by atoms with Gasteiger partial charge in [0, 0.05) is 39.1 Å². The Morgan fingerprint density at radius 3 is 2.61 bits per heavy atom. The molecule has 2 aliphatic rings. The summed E-state index contributed by atoms with van der Waals surface area (Å²) in [6, 6.07) is 0.256. The first-order valence-electron chi connectivity index (χ1n) is 6.91. The lowest BCUT2D eigenvalue weighted by Gasteiger charge is -2.35. The van der Waals surface area contributed by atoms with E-state index in [4.69, 9.17) is 4.74 Å². The number of carbonyl (C=O) groups is 1. The van der Waals surface area contributed by atoms with Gasteiger partial charge in [0.1, 0.15) is 0 Å². The van der Waals surface area contributed by atoms with Crippen LogP contribution in [-0.4, -0.2) is 54.5 Å². The summed E-state index contributed by atoms with van der Waals surface area (Å²) in [5.41, 5.74) is -0.778. The molecule has 0 aromatic carbocycles. The van der Waals surface area contributed by atoms with Crippen molar-refractivity contribution in [1.82, 2.24) is 10.2 Å². The maximum atomic E-state index is 12.0. The highest BCUT2D eigenvalue weighted by Gasteiger charge is 2.32. The van der Waals surface area contributed by atoms with Crippen LogP contribution in [0.2, 0.25) is 0 Å². The molecule has 0 aromatic heterocycles. The Labute approximate surface area is 108 Å². The van der Waals surface area contributed by atoms with E-state index in [1.807, 2.05) is 0 Å². The molecule has 5 nitrogen and oxygen atoms in total. The maximum Gasteiger partial charge on any atom is 0.317 e. The van der Waals surface area contributed by atoms with Gasteiger partial charge < -0.3 is 20.1 Å². The second-order valence-corrected chi connectivity index (χ2v) is 5.62. The fraction of sp³-hybridized carbons (Fsp3) is 0.923. The fourth-order valence-corrected chi connectivity index (χ4v) is 2.78. The predicted octanol–water partition coefficient (Wildman–Crippen LogP) is 1.11. The van der Waals surface area contributed by atoms with Crippen LogP contribution in [-0.2, 0) is 4.74 Å². The topological polar surface area (TPSA) is 61.8 Å². The van der Waals surface area contributed by atoms with Crippen LogP contribution in [0.15, 0.2) is 0 Å². The molecular formula is C13H24N2O3. The van der Waals surface area contributed by atoms with E-state index in [0.717, 1.165) is 12.8 Å². The van der Waals surface area contributed by atoms with Crippen molar-refractivity contribution in [2.75, 3.05) is 26.8 Å². The van der Waals surface area contributed by atoms with Crippen LogP contribution in [0.3, 0.4) is 0 Å². The first kappa shape index (κ1) is 13.6. The largest absolute Gasteiger partial charge is 0.388 e. The first-order chi connectivity index (χ1) is 8.59. The van der Waals surface area contributed by atoms with Gasteiger partial charge in [-0.05, 0) is 12.8 Å². The fourth-order valence-electron chi connectivity index (χ4n) is 2.78. The van der Waals surface area contributed by atoms with Gasteiger partial charge in [-0.1, -0.05) is 12.8 Å². The molecule has 0 bridgehead atoms. The molecule has 18 heavy (non-hydrogen) atoms. The highest BCUT2D eigenvalue weighted by Crippen LogP contribution is 2.22. The Morgan fingerprint density at radius 1 is 1.39 bits per heavy atom. The number of ether oxygens (including phenoxy) is 1. The maximum absolute atomic E-state index is 12.0. The molecule has 5 heteroatoms. The zero-order chi connectivity index (χ0) is 13.0. The average Bonchev–Trinajstić information content (AvgIpc) is 2.82. The van der Waals surface area contributed by atoms with E-state index in [0.29, 0.717) is 38.6 Å². The van der Waals surface area contributed by atoms with Crippen molar-refractivity contribution in [2.24, 2.45) is 0 Å². The number of rotatable bonds is 3. The number of hydrogen-bond acceptors (Lipinski definition) is 3. The summed E-state index contributed by atoms with van der Waals surface area (Å²) < 4.78 is 5.24. The van der Waals surface area contributed by atoms with Gasteiger partial charge in [-0.2, -0.15) is 0 Å². The summed E-state index contributed by atoms with van der Waals surface area (Å²) >= 11 is 0. The Morgan fingerprint density at radius 2 is 2.00 bits per heavy atom. The Balaban J connectivity index is 1.78. The molecule has 1 aliphatic heterocycles. The zero-order valence-electron chi connectivity index (χ0n) is 11.2. The van der Waals surface area contributed by atoms with E-state index in [1.54, 1.807) is 11.9 Å². The highest BCUT2D eigenvalue weighted by atomic mass is 16.5. The standard InChI is InChI=1S/C13H24N2O3/c1-15(10-13(17)6-8-18-9-7-13)12(16)14-11-4-2-3-5-11/h11,17H,2-10H2,1H3,(H,14,16). The number of hydrogen-bond donors (Lipinski definition) is 2. The van der Waals surface area contributed by atoms with Crippen LogP contribution in [0.4, 0.5) is 4.79 Å². The molecule has 0 spiro atoms. The normalized spacial score (nSPS) is 23.9. The predicted molar refractivity (Wildman–Crippen MR) is 68.4 cm³/mol. The van der Waals surface area contributed by atoms with Crippen LogP contribution in [0, 0.1) is 0 Å². The number of nitrogens with zero attached hydrogens (tertiary/aromatic N) is 1. The molecule has 2 amide bonds. The number of carbonyl (C=O) groups excluding carboxylic acids is 1. The van der Waals surface area contributed by atoms with Crippen molar-refractivity contribution in [3.63, 3.8) is 0 Å². The third-order valence-electron chi connectivity index (χ3n) is 3.98. The van der Waals surface area contributed by atoms with Crippen molar-refractivity contribution >= 4 is 6.03 Å². The average molecular weight is 256 g/mol. The van der Waals surface area contributed by atoms with Gasteiger partial charge in [-0.3, -0.25) is 0 Å². The van der Waals surface area contributed by atoms with Gasteiger partial charge in [-0.25, -0.2) is 4.79 Å². The third kappa shape index (κ3) is 3.59. The molecule has 2 fully saturated rings. The van der Waals surface area contributed by atoms with Crippen molar-refractivity contribution in [3.05, 3.63) is 0 Å². The van der Waals surface area contributed by atoms with Crippen molar-refractivity contribution in [1.29, 1.82) is 0 Å². The second kappa shape index (κ2) is 5.89. The summed E-state index contributed by atoms with van der Waals surface area (Å²) in [5.74, 6) is 0. The molecule has 2 N–H and O–H groups in total. The number of urea groups is 1.